The van der Waals surface area contributed by atoms with Crippen LogP contribution >= 0.6 is 11.6 Å². The molecule has 0 aliphatic carbocycles. The molecule has 0 aromatic heterocycles. The summed E-state index contributed by atoms with van der Waals surface area (Å²) >= 11 is 5.73. The average molecular weight is 254 g/mol. The van der Waals surface area contributed by atoms with Crippen molar-refractivity contribution >= 4 is 17.5 Å². The van der Waals surface area contributed by atoms with Crippen LogP contribution in [0.25, 0.3) is 0 Å². The topological polar surface area (TPSA) is 29.1 Å². The zero-order valence-corrected chi connectivity index (χ0v) is 11.3. The number of carbonyl (C=O) groups excluding carboxylic acids is 1. The summed E-state index contributed by atoms with van der Waals surface area (Å²) in [5.74, 6) is 0.561. The van der Waals surface area contributed by atoms with Crippen molar-refractivity contribution in [2.75, 3.05) is 5.88 Å². The summed E-state index contributed by atoms with van der Waals surface area (Å²) in [6.07, 6.45) is 2.18. The first-order valence-corrected chi connectivity index (χ1v) is 6.60. The number of alkyl halides is 1. The Morgan fingerprint density at radius 1 is 1.47 bits per heavy atom. The summed E-state index contributed by atoms with van der Waals surface area (Å²) in [5, 5.41) is 2.93. The van der Waals surface area contributed by atoms with Gasteiger partial charge in [0.1, 0.15) is 0 Å². The summed E-state index contributed by atoms with van der Waals surface area (Å²) in [6.45, 7) is 4.08. The number of rotatable bonds is 6. The van der Waals surface area contributed by atoms with E-state index in [9.17, 15) is 4.79 Å². The predicted octanol–water partition coefficient (Wildman–Crippen LogP) is 3.06. The molecular weight excluding hydrogens is 234 g/mol. The Bertz CT molecular complexity index is 361. The van der Waals surface area contributed by atoms with E-state index in [1.807, 2.05) is 13.0 Å². The number of carbonyl (C=O) groups is 1. The standard InChI is InChI=1S/C14H20ClNO/c1-3-13(10-15)16-14(17)8-7-12-6-4-5-11(2)9-12/h4-6,9,13H,3,7-8,10H2,1-2H3,(H,16,17). The van der Waals surface area contributed by atoms with Crippen molar-refractivity contribution in [2.45, 2.75) is 39.2 Å². The Labute approximate surface area is 108 Å². The fourth-order valence-electron chi connectivity index (χ4n) is 1.68. The van der Waals surface area contributed by atoms with Gasteiger partial charge in [-0.05, 0) is 25.3 Å². The van der Waals surface area contributed by atoms with Gasteiger partial charge in [0.25, 0.3) is 0 Å². The quantitative estimate of drug-likeness (QED) is 0.776. The van der Waals surface area contributed by atoms with Gasteiger partial charge < -0.3 is 5.32 Å². The van der Waals surface area contributed by atoms with Gasteiger partial charge in [-0.15, -0.1) is 11.6 Å². The van der Waals surface area contributed by atoms with Gasteiger partial charge in [0.05, 0.1) is 0 Å². The van der Waals surface area contributed by atoms with E-state index in [0.717, 1.165) is 12.8 Å². The third kappa shape index (κ3) is 5.22. The van der Waals surface area contributed by atoms with E-state index >= 15 is 0 Å². The van der Waals surface area contributed by atoms with Crippen LogP contribution in [0.2, 0.25) is 0 Å². The molecule has 94 valence electrons. The second-order valence-corrected chi connectivity index (χ2v) is 4.62. The highest BCUT2D eigenvalue weighted by atomic mass is 35.5. The molecule has 1 rings (SSSR count). The van der Waals surface area contributed by atoms with E-state index in [0.29, 0.717) is 12.3 Å². The molecule has 0 aliphatic heterocycles. The lowest BCUT2D eigenvalue weighted by Crippen LogP contribution is -2.35. The minimum Gasteiger partial charge on any atom is -0.352 e. The first kappa shape index (κ1) is 14.0. The van der Waals surface area contributed by atoms with E-state index in [-0.39, 0.29) is 11.9 Å². The van der Waals surface area contributed by atoms with E-state index in [2.05, 4.69) is 30.4 Å². The number of benzene rings is 1. The normalized spacial score (nSPS) is 12.2. The number of hydrogen-bond donors (Lipinski definition) is 1. The second-order valence-electron chi connectivity index (χ2n) is 4.32. The van der Waals surface area contributed by atoms with Gasteiger partial charge in [-0.1, -0.05) is 36.8 Å². The minimum absolute atomic E-state index is 0.0824. The average Bonchev–Trinajstić information content (AvgIpc) is 2.33. The van der Waals surface area contributed by atoms with Crippen molar-refractivity contribution in [3.8, 4) is 0 Å². The van der Waals surface area contributed by atoms with E-state index in [1.165, 1.54) is 11.1 Å². The first-order valence-electron chi connectivity index (χ1n) is 6.06. The van der Waals surface area contributed by atoms with Gasteiger partial charge in [-0.25, -0.2) is 0 Å². The van der Waals surface area contributed by atoms with Gasteiger partial charge in [0, 0.05) is 18.3 Å². The van der Waals surface area contributed by atoms with E-state index < -0.39 is 0 Å². The predicted molar refractivity (Wildman–Crippen MR) is 72.4 cm³/mol. The monoisotopic (exact) mass is 253 g/mol. The van der Waals surface area contributed by atoms with E-state index in [1.54, 1.807) is 0 Å². The molecule has 0 radical (unpaired) electrons. The van der Waals surface area contributed by atoms with Crippen molar-refractivity contribution in [1.29, 1.82) is 0 Å². The molecule has 1 aromatic rings. The lowest BCUT2D eigenvalue weighted by molar-refractivity contribution is -0.121. The molecule has 0 bridgehead atoms. The second kappa shape index (κ2) is 7.33. The molecule has 0 saturated carbocycles. The van der Waals surface area contributed by atoms with Gasteiger partial charge >= 0.3 is 0 Å². The highest BCUT2D eigenvalue weighted by Gasteiger charge is 2.08. The maximum absolute atomic E-state index is 11.7. The Hall–Kier alpha value is -1.02. The number of aryl methyl sites for hydroxylation is 2. The van der Waals surface area contributed by atoms with Crippen LogP contribution < -0.4 is 5.32 Å². The fourth-order valence-corrected chi connectivity index (χ4v) is 1.97. The third-order valence-electron chi connectivity index (χ3n) is 2.77. The molecule has 17 heavy (non-hydrogen) atoms. The van der Waals surface area contributed by atoms with Crippen molar-refractivity contribution < 1.29 is 4.79 Å². The summed E-state index contributed by atoms with van der Waals surface area (Å²) in [7, 11) is 0. The molecule has 0 aliphatic rings. The molecule has 1 amide bonds. The molecular formula is C14H20ClNO. The Morgan fingerprint density at radius 2 is 2.24 bits per heavy atom. The van der Waals surface area contributed by atoms with Crippen LogP contribution in [0.1, 0.15) is 30.9 Å². The number of hydrogen-bond acceptors (Lipinski definition) is 1. The maximum atomic E-state index is 11.7. The third-order valence-corrected chi connectivity index (χ3v) is 3.14. The van der Waals surface area contributed by atoms with Crippen LogP contribution in [0.15, 0.2) is 24.3 Å². The van der Waals surface area contributed by atoms with Gasteiger partial charge in [-0.3, -0.25) is 4.79 Å². The SMILES string of the molecule is CCC(CCl)NC(=O)CCc1cccc(C)c1. The molecule has 1 unspecified atom stereocenters. The van der Waals surface area contributed by atoms with Gasteiger partial charge in [-0.2, -0.15) is 0 Å². The Kier molecular flexibility index (Phi) is 6.06. The number of amides is 1. The molecule has 0 saturated heterocycles. The van der Waals surface area contributed by atoms with Crippen LogP contribution in [0.3, 0.4) is 0 Å². The van der Waals surface area contributed by atoms with Crippen LogP contribution in [-0.2, 0) is 11.2 Å². The number of nitrogens with one attached hydrogen (secondary N) is 1. The minimum atomic E-state index is 0.0824. The molecule has 1 N–H and O–H groups in total. The zero-order valence-electron chi connectivity index (χ0n) is 10.5. The highest BCUT2D eigenvalue weighted by Crippen LogP contribution is 2.06. The van der Waals surface area contributed by atoms with Crippen LogP contribution in [0.5, 0.6) is 0 Å². The lowest BCUT2D eigenvalue weighted by atomic mass is 10.1. The van der Waals surface area contributed by atoms with Gasteiger partial charge in [0.2, 0.25) is 5.91 Å². The Morgan fingerprint density at radius 3 is 2.82 bits per heavy atom. The van der Waals surface area contributed by atoms with Crippen LogP contribution in [-0.4, -0.2) is 17.8 Å². The molecule has 0 heterocycles. The Balaban J connectivity index is 2.38. The smallest absolute Gasteiger partial charge is 0.220 e. The molecule has 0 fully saturated rings. The van der Waals surface area contributed by atoms with Gasteiger partial charge in [0.15, 0.2) is 0 Å². The van der Waals surface area contributed by atoms with Crippen LogP contribution in [0.4, 0.5) is 0 Å². The summed E-state index contributed by atoms with van der Waals surface area (Å²) in [6, 6.07) is 8.35. The number of halogens is 1. The molecule has 1 aromatic carbocycles. The van der Waals surface area contributed by atoms with Crippen molar-refractivity contribution in [1.82, 2.24) is 5.32 Å². The van der Waals surface area contributed by atoms with E-state index in [4.69, 9.17) is 11.6 Å². The van der Waals surface area contributed by atoms with Crippen molar-refractivity contribution in [3.63, 3.8) is 0 Å². The summed E-state index contributed by atoms with van der Waals surface area (Å²) < 4.78 is 0. The first-order chi connectivity index (χ1) is 8.15. The summed E-state index contributed by atoms with van der Waals surface area (Å²) in [4.78, 5) is 11.7. The lowest BCUT2D eigenvalue weighted by Gasteiger charge is -2.13. The fraction of sp³-hybridized carbons (Fsp3) is 0.500. The molecule has 0 spiro atoms. The van der Waals surface area contributed by atoms with Crippen LogP contribution in [0, 0.1) is 6.92 Å². The highest BCUT2D eigenvalue weighted by molar-refractivity contribution is 6.18. The largest absolute Gasteiger partial charge is 0.352 e. The molecule has 1 atom stereocenters. The zero-order chi connectivity index (χ0) is 12.7. The maximum Gasteiger partial charge on any atom is 0.220 e. The molecule has 2 nitrogen and oxygen atoms in total. The van der Waals surface area contributed by atoms with Crippen molar-refractivity contribution in [3.05, 3.63) is 35.4 Å². The molecule has 3 heteroatoms. The van der Waals surface area contributed by atoms with Crippen molar-refractivity contribution in [2.24, 2.45) is 0 Å². The summed E-state index contributed by atoms with van der Waals surface area (Å²) in [5.41, 5.74) is 2.44.